The largest absolute Gasteiger partial charge is 0.378 e. The number of nitrogens with zero attached hydrogens (tertiary/aromatic N) is 3. The molecular formula is C22H18N4O4S. The van der Waals surface area contributed by atoms with Crippen molar-refractivity contribution in [3.8, 4) is 0 Å². The number of nitro benzene ring substituents is 1. The summed E-state index contributed by atoms with van der Waals surface area (Å²) in [5.74, 6) is -0.431. The highest BCUT2D eigenvalue weighted by Crippen LogP contribution is 2.33. The molecule has 2 heterocycles. The number of hydrogen-bond donors (Lipinski definition) is 1. The maximum atomic E-state index is 12.8. The second-order valence-electron chi connectivity index (χ2n) is 7.17. The van der Waals surface area contributed by atoms with Gasteiger partial charge in [0.05, 0.1) is 28.4 Å². The second kappa shape index (κ2) is 7.93. The van der Waals surface area contributed by atoms with Gasteiger partial charge in [0, 0.05) is 30.1 Å². The van der Waals surface area contributed by atoms with Gasteiger partial charge in [-0.15, -0.1) is 0 Å². The molecule has 8 nitrogen and oxygen atoms in total. The van der Waals surface area contributed by atoms with Crippen LogP contribution in [0.15, 0.2) is 54.6 Å². The molecule has 31 heavy (non-hydrogen) atoms. The molecule has 9 heteroatoms. The number of nitrogens with one attached hydrogen (secondary N) is 1. The number of carbonyl (C=O) groups is 1. The zero-order valence-electron chi connectivity index (χ0n) is 16.4. The number of ether oxygens (including phenoxy) is 1. The minimum absolute atomic E-state index is 0.0927. The van der Waals surface area contributed by atoms with E-state index < -0.39 is 10.8 Å². The van der Waals surface area contributed by atoms with Crippen molar-refractivity contribution in [2.75, 3.05) is 36.5 Å². The minimum Gasteiger partial charge on any atom is -0.378 e. The maximum Gasteiger partial charge on any atom is 0.293 e. The number of carbonyl (C=O) groups excluding carboxylic acids is 1. The molecule has 1 saturated heterocycles. The third kappa shape index (κ3) is 3.69. The number of aromatic nitrogens is 1. The van der Waals surface area contributed by atoms with Crippen molar-refractivity contribution in [3.63, 3.8) is 0 Å². The molecule has 0 aliphatic carbocycles. The van der Waals surface area contributed by atoms with E-state index in [1.807, 2.05) is 41.3 Å². The number of nitro groups is 1. The van der Waals surface area contributed by atoms with E-state index in [9.17, 15) is 14.9 Å². The summed E-state index contributed by atoms with van der Waals surface area (Å²) in [7, 11) is 0. The monoisotopic (exact) mass is 434 g/mol. The molecule has 0 unspecified atom stereocenters. The van der Waals surface area contributed by atoms with E-state index in [0.717, 1.165) is 21.0 Å². The number of anilines is 2. The molecule has 0 bridgehead atoms. The molecule has 1 fully saturated rings. The van der Waals surface area contributed by atoms with Gasteiger partial charge in [0.2, 0.25) is 0 Å². The van der Waals surface area contributed by atoms with E-state index in [2.05, 4.69) is 10.3 Å². The van der Waals surface area contributed by atoms with Gasteiger partial charge in [-0.1, -0.05) is 41.7 Å². The summed E-state index contributed by atoms with van der Waals surface area (Å²) >= 11 is 1.37. The predicted molar refractivity (Wildman–Crippen MR) is 121 cm³/mol. The Balaban J connectivity index is 1.44. The summed E-state index contributed by atoms with van der Waals surface area (Å²) in [6, 6.07) is 16.5. The van der Waals surface area contributed by atoms with E-state index in [1.54, 1.807) is 12.1 Å². The number of morpholine rings is 1. The highest BCUT2D eigenvalue weighted by Gasteiger charge is 2.23. The maximum absolute atomic E-state index is 12.8. The van der Waals surface area contributed by atoms with Crippen molar-refractivity contribution in [3.05, 3.63) is 70.3 Å². The SMILES string of the molecule is O=C(Nc1nc2c(ccc3ccccc32)s1)c1ccc(N2CCOCC2)c([N+](=O)[O-])c1. The number of fused-ring (bicyclic) bond motifs is 3. The van der Waals surface area contributed by atoms with E-state index in [1.165, 1.54) is 17.4 Å². The smallest absolute Gasteiger partial charge is 0.293 e. The zero-order chi connectivity index (χ0) is 21.4. The molecular weight excluding hydrogens is 416 g/mol. The van der Waals surface area contributed by atoms with Crippen molar-refractivity contribution >= 4 is 54.7 Å². The highest BCUT2D eigenvalue weighted by molar-refractivity contribution is 7.22. The Morgan fingerprint density at radius 3 is 2.74 bits per heavy atom. The van der Waals surface area contributed by atoms with Crippen LogP contribution in [0.5, 0.6) is 0 Å². The number of benzene rings is 3. The van der Waals surface area contributed by atoms with Gasteiger partial charge in [-0.2, -0.15) is 0 Å². The summed E-state index contributed by atoms with van der Waals surface area (Å²) in [4.78, 5) is 30.5. The Labute approximate surface area is 181 Å². The summed E-state index contributed by atoms with van der Waals surface area (Å²) < 4.78 is 6.28. The van der Waals surface area contributed by atoms with Crippen molar-refractivity contribution in [1.82, 2.24) is 4.98 Å². The van der Waals surface area contributed by atoms with Gasteiger partial charge >= 0.3 is 0 Å². The van der Waals surface area contributed by atoms with Crippen molar-refractivity contribution in [1.29, 1.82) is 0 Å². The molecule has 1 N–H and O–H groups in total. The average molecular weight is 434 g/mol. The first-order chi connectivity index (χ1) is 15.1. The Morgan fingerprint density at radius 2 is 1.94 bits per heavy atom. The minimum atomic E-state index is -0.453. The van der Waals surface area contributed by atoms with Crippen molar-refractivity contribution in [2.45, 2.75) is 0 Å². The van der Waals surface area contributed by atoms with Gasteiger partial charge in [-0.3, -0.25) is 20.2 Å². The fourth-order valence-corrected chi connectivity index (χ4v) is 4.64. The lowest BCUT2D eigenvalue weighted by atomic mass is 10.1. The number of rotatable bonds is 4. The Bertz CT molecular complexity index is 1310. The Morgan fingerprint density at radius 1 is 1.13 bits per heavy atom. The zero-order valence-corrected chi connectivity index (χ0v) is 17.2. The first kappa shape index (κ1) is 19.4. The standard InChI is InChI=1S/C22H18N4O4S/c27-21(15-5-7-17(18(13-15)26(28)29)25-9-11-30-12-10-25)24-22-23-20-16-4-2-1-3-14(16)6-8-19(20)31-22/h1-8,13H,9-12H2,(H,23,24,27). The normalized spacial score (nSPS) is 14.1. The summed E-state index contributed by atoms with van der Waals surface area (Å²) in [6.07, 6.45) is 0. The number of hydrogen-bond acceptors (Lipinski definition) is 7. The van der Waals surface area contributed by atoms with Crippen LogP contribution in [0.4, 0.5) is 16.5 Å². The van der Waals surface area contributed by atoms with Gasteiger partial charge in [0.15, 0.2) is 5.13 Å². The van der Waals surface area contributed by atoms with Crippen molar-refractivity contribution in [2.24, 2.45) is 0 Å². The first-order valence-electron chi connectivity index (χ1n) is 9.81. The fourth-order valence-electron chi connectivity index (χ4n) is 3.77. The summed E-state index contributed by atoms with van der Waals surface area (Å²) in [6.45, 7) is 2.19. The highest BCUT2D eigenvalue weighted by atomic mass is 32.1. The van der Waals surface area contributed by atoms with Crippen LogP contribution in [0.1, 0.15) is 10.4 Å². The molecule has 5 rings (SSSR count). The molecule has 0 atom stereocenters. The van der Waals surface area contributed by atoms with Gasteiger partial charge in [-0.05, 0) is 23.6 Å². The molecule has 1 aromatic heterocycles. The van der Waals surface area contributed by atoms with Crippen LogP contribution in [-0.4, -0.2) is 42.1 Å². The lowest BCUT2D eigenvalue weighted by Gasteiger charge is -2.28. The molecule has 1 amide bonds. The third-order valence-electron chi connectivity index (χ3n) is 5.29. The summed E-state index contributed by atoms with van der Waals surface area (Å²) in [5.41, 5.74) is 1.45. The third-order valence-corrected chi connectivity index (χ3v) is 6.23. The number of thiazole rings is 1. The molecule has 0 radical (unpaired) electrons. The molecule has 1 aliphatic rings. The van der Waals surface area contributed by atoms with Crippen LogP contribution in [0.2, 0.25) is 0 Å². The van der Waals surface area contributed by atoms with Crippen LogP contribution >= 0.6 is 11.3 Å². The predicted octanol–water partition coefficient (Wildman–Crippen LogP) is 4.45. The number of amides is 1. The van der Waals surface area contributed by atoms with Crippen molar-refractivity contribution < 1.29 is 14.5 Å². The van der Waals surface area contributed by atoms with E-state index in [0.29, 0.717) is 37.1 Å². The van der Waals surface area contributed by atoms with Gasteiger partial charge in [0.1, 0.15) is 5.69 Å². The molecule has 4 aromatic rings. The first-order valence-corrected chi connectivity index (χ1v) is 10.6. The van der Waals surface area contributed by atoms with E-state index >= 15 is 0 Å². The fraction of sp³-hybridized carbons (Fsp3) is 0.182. The average Bonchev–Trinajstić information content (AvgIpc) is 3.22. The quantitative estimate of drug-likeness (QED) is 0.377. The summed E-state index contributed by atoms with van der Waals surface area (Å²) in [5, 5.41) is 17.0. The van der Waals surface area contributed by atoms with Crippen LogP contribution < -0.4 is 10.2 Å². The van der Waals surface area contributed by atoms with Crippen LogP contribution in [0.25, 0.3) is 21.0 Å². The topological polar surface area (TPSA) is 97.6 Å². The Hall–Kier alpha value is -3.56. The lowest BCUT2D eigenvalue weighted by Crippen LogP contribution is -2.36. The molecule has 0 saturated carbocycles. The van der Waals surface area contributed by atoms with Crippen LogP contribution in [0, 0.1) is 10.1 Å². The lowest BCUT2D eigenvalue weighted by molar-refractivity contribution is -0.384. The molecule has 1 aliphatic heterocycles. The van der Waals surface area contributed by atoms with E-state index in [4.69, 9.17) is 4.74 Å². The molecule has 156 valence electrons. The van der Waals surface area contributed by atoms with Gasteiger partial charge in [-0.25, -0.2) is 4.98 Å². The molecule has 3 aromatic carbocycles. The van der Waals surface area contributed by atoms with Gasteiger partial charge < -0.3 is 9.64 Å². The van der Waals surface area contributed by atoms with Crippen LogP contribution in [0.3, 0.4) is 0 Å². The van der Waals surface area contributed by atoms with Gasteiger partial charge in [0.25, 0.3) is 11.6 Å². The molecule has 0 spiro atoms. The second-order valence-corrected chi connectivity index (χ2v) is 8.20. The van der Waals surface area contributed by atoms with Crippen LogP contribution in [-0.2, 0) is 4.74 Å². The Kier molecular flexibility index (Phi) is 4.97. The van der Waals surface area contributed by atoms with E-state index in [-0.39, 0.29) is 11.3 Å².